The first kappa shape index (κ1) is 34.0. The van der Waals surface area contributed by atoms with E-state index in [2.05, 4.69) is 19.8 Å². The third-order valence-electron chi connectivity index (χ3n) is 6.44. The SMILES string of the molecule is Cc1cc(C(C)Nc2ccccc2C(=O)O)c2oc(/C(C=Nc3ccc4c(c3)OC(F)(F)O4)=C/N)cc(=O)c2c1.O=C(O)C(F)(F)F. The number of alkyl halides is 5. The Hall–Kier alpha value is -5.93. The lowest BCUT2D eigenvalue weighted by atomic mass is 10.00. The predicted octanol–water partition coefficient (Wildman–Crippen LogP) is 6.63. The number of nitrogens with one attached hydrogen (secondary N) is 1. The zero-order valence-electron chi connectivity index (χ0n) is 24.3. The van der Waals surface area contributed by atoms with Crippen LogP contribution in [0.2, 0.25) is 0 Å². The van der Waals surface area contributed by atoms with E-state index in [9.17, 15) is 36.6 Å². The van der Waals surface area contributed by atoms with Crippen molar-refractivity contribution in [3.8, 4) is 11.5 Å². The number of hydrogen-bond donors (Lipinski definition) is 4. The molecule has 1 unspecified atom stereocenters. The van der Waals surface area contributed by atoms with Gasteiger partial charge in [-0.15, -0.1) is 8.78 Å². The van der Waals surface area contributed by atoms with Crippen LogP contribution in [0.5, 0.6) is 11.5 Å². The molecule has 4 aromatic rings. The number of carboxylic acid groups (broad SMARTS) is 2. The number of anilines is 1. The molecule has 0 saturated carbocycles. The number of para-hydroxylation sites is 1. The van der Waals surface area contributed by atoms with Crippen molar-refractivity contribution in [2.24, 2.45) is 10.7 Å². The number of nitrogens with two attached hydrogens (primary N) is 1. The minimum Gasteiger partial charge on any atom is -0.478 e. The second-order valence-corrected chi connectivity index (χ2v) is 9.90. The van der Waals surface area contributed by atoms with Crippen molar-refractivity contribution in [2.75, 3.05) is 5.32 Å². The average Bonchev–Trinajstić information content (AvgIpc) is 3.30. The van der Waals surface area contributed by atoms with Crippen molar-refractivity contribution in [2.45, 2.75) is 32.4 Å². The summed E-state index contributed by atoms with van der Waals surface area (Å²) in [5.74, 6) is -3.99. The van der Waals surface area contributed by atoms with Crippen LogP contribution in [0.1, 0.15) is 40.2 Å². The van der Waals surface area contributed by atoms with E-state index in [1.165, 1.54) is 42.7 Å². The summed E-state index contributed by atoms with van der Waals surface area (Å²) in [6.45, 7) is 3.66. The highest BCUT2D eigenvalue weighted by Gasteiger charge is 2.43. The van der Waals surface area contributed by atoms with E-state index in [-0.39, 0.29) is 39.5 Å². The van der Waals surface area contributed by atoms with Crippen molar-refractivity contribution in [1.82, 2.24) is 0 Å². The number of carboxylic acids is 2. The number of aliphatic imine (C=N–C) groups is 1. The maximum atomic E-state index is 13.3. The summed E-state index contributed by atoms with van der Waals surface area (Å²) < 4.78 is 73.4. The number of rotatable bonds is 7. The molecule has 1 aromatic heterocycles. The number of aliphatic carboxylic acids is 1. The highest BCUT2D eigenvalue weighted by Crippen LogP contribution is 2.42. The summed E-state index contributed by atoms with van der Waals surface area (Å²) in [7, 11) is 0. The van der Waals surface area contributed by atoms with Gasteiger partial charge in [0.15, 0.2) is 16.9 Å². The first-order valence-corrected chi connectivity index (χ1v) is 13.3. The smallest absolute Gasteiger partial charge is 0.478 e. The quantitative estimate of drug-likeness (QED) is 0.124. The number of allylic oxidation sites excluding steroid dienone is 1. The van der Waals surface area contributed by atoms with Gasteiger partial charge in [0.25, 0.3) is 0 Å². The molecule has 47 heavy (non-hydrogen) atoms. The molecule has 1 aliphatic rings. The number of carbonyl (C=O) groups is 2. The van der Waals surface area contributed by atoms with Gasteiger partial charge in [0, 0.05) is 35.8 Å². The maximum absolute atomic E-state index is 13.3. The zero-order chi connectivity index (χ0) is 34.7. The fourth-order valence-electron chi connectivity index (χ4n) is 4.36. The Kier molecular flexibility index (Phi) is 9.54. The fraction of sp³-hybridized carbons (Fsp3) is 0.161. The van der Waals surface area contributed by atoms with Gasteiger partial charge in [-0.1, -0.05) is 18.2 Å². The van der Waals surface area contributed by atoms with Gasteiger partial charge in [0.2, 0.25) is 0 Å². The Labute approximate surface area is 261 Å². The van der Waals surface area contributed by atoms with Crippen molar-refractivity contribution >= 4 is 46.1 Å². The lowest BCUT2D eigenvalue weighted by Crippen LogP contribution is -2.25. The Morgan fingerprint density at radius 3 is 2.32 bits per heavy atom. The zero-order valence-corrected chi connectivity index (χ0v) is 24.3. The average molecular weight is 662 g/mol. The van der Waals surface area contributed by atoms with Crippen LogP contribution < -0.4 is 26.0 Å². The summed E-state index contributed by atoms with van der Waals surface area (Å²) in [6.07, 6.45) is -6.30. The molecule has 0 aliphatic carbocycles. The topological polar surface area (TPSA) is 174 Å². The lowest BCUT2D eigenvalue weighted by Gasteiger charge is -2.19. The van der Waals surface area contributed by atoms with Crippen LogP contribution in [-0.2, 0) is 4.79 Å². The monoisotopic (exact) mass is 661 g/mol. The molecular formula is C31H24F5N3O8. The summed E-state index contributed by atoms with van der Waals surface area (Å²) in [5, 5.41) is 20.2. The van der Waals surface area contributed by atoms with E-state index in [0.29, 0.717) is 22.2 Å². The maximum Gasteiger partial charge on any atom is 0.586 e. The van der Waals surface area contributed by atoms with Gasteiger partial charge in [0.05, 0.1) is 28.3 Å². The number of fused-ring (bicyclic) bond motifs is 2. The molecule has 11 nitrogen and oxygen atoms in total. The molecule has 0 fully saturated rings. The van der Waals surface area contributed by atoms with Crippen LogP contribution in [0, 0.1) is 6.92 Å². The number of ether oxygens (including phenoxy) is 2. The minimum atomic E-state index is -5.08. The minimum absolute atomic E-state index is 0.102. The molecular weight excluding hydrogens is 637 g/mol. The highest BCUT2D eigenvalue weighted by molar-refractivity contribution is 6.09. The molecule has 2 heterocycles. The van der Waals surface area contributed by atoms with E-state index in [0.717, 1.165) is 5.56 Å². The number of benzene rings is 3. The van der Waals surface area contributed by atoms with Crippen LogP contribution >= 0.6 is 0 Å². The highest BCUT2D eigenvalue weighted by atomic mass is 19.4. The Morgan fingerprint density at radius 2 is 1.68 bits per heavy atom. The van der Waals surface area contributed by atoms with E-state index in [4.69, 9.17) is 20.1 Å². The second-order valence-electron chi connectivity index (χ2n) is 9.90. The molecule has 246 valence electrons. The number of halogens is 5. The number of aryl methyl sites for hydroxylation is 1. The molecule has 0 amide bonds. The molecule has 3 aromatic carbocycles. The predicted molar refractivity (Wildman–Crippen MR) is 159 cm³/mol. The summed E-state index contributed by atoms with van der Waals surface area (Å²) in [4.78, 5) is 38.0. The first-order chi connectivity index (χ1) is 22.0. The number of aromatic carboxylic acids is 1. The molecule has 0 bridgehead atoms. The number of hydrogen-bond acceptors (Lipinski definition) is 9. The van der Waals surface area contributed by atoms with Crippen LogP contribution in [0.15, 0.2) is 81.1 Å². The van der Waals surface area contributed by atoms with E-state index in [1.807, 2.05) is 19.9 Å². The van der Waals surface area contributed by atoms with E-state index < -0.39 is 30.5 Å². The molecule has 0 spiro atoms. The standard InChI is InChI=1S/C29H23F2N3O6.C2HF3O2/c1-15-9-20(16(2)34-22-6-4-3-5-19(22)28(36)37)27-21(10-15)23(35)12-25(38-27)17(13-32)14-33-18-7-8-24-26(11-18)40-29(30,31)39-24;3-2(4,5)1(6)7/h3-14,16,34H,32H2,1-2H3,(H,36,37);(H,6,7)/b17-13+,33-14?;. The van der Waals surface area contributed by atoms with E-state index >= 15 is 0 Å². The van der Waals surface area contributed by atoms with Gasteiger partial charge < -0.3 is 35.2 Å². The van der Waals surface area contributed by atoms with Crippen molar-refractivity contribution in [1.29, 1.82) is 0 Å². The summed E-state index contributed by atoms with van der Waals surface area (Å²) in [6, 6.07) is 14.9. The van der Waals surface area contributed by atoms with Gasteiger partial charge in [-0.3, -0.25) is 9.79 Å². The van der Waals surface area contributed by atoms with E-state index in [1.54, 1.807) is 24.3 Å². The molecule has 5 N–H and O–H groups in total. The first-order valence-electron chi connectivity index (χ1n) is 13.3. The van der Waals surface area contributed by atoms with Gasteiger partial charge in [-0.2, -0.15) is 13.2 Å². The van der Waals surface area contributed by atoms with Crippen molar-refractivity contribution in [3.05, 3.63) is 99.5 Å². The number of nitrogens with zero attached hydrogens (tertiary/aromatic N) is 1. The largest absolute Gasteiger partial charge is 0.586 e. The van der Waals surface area contributed by atoms with Crippen LogP contribution in [0.25, 0.3) is 16.5 Å². The van der Waals surface area contributed by atoms with Crippen LogP contribution in [0.3, 0.4) is 0 Å². The molecule has 16 heteroatoms. The lowest BCUT2D eigenvalue weighted by molar-refractivity contribution is -0.286. The van der Waals surface area contributed by atoms with Crippen LogP contribution in [0.4, 0.5) is 33.3 Å². The second kappa shape index (κ2) is 13.2. The summed E-state index contributed by atoms with van der Waals surface area (Å²) in [5.41, 5.74) is 8.27. The van der Waals surface area contributed by atoms with Crippen LogP contribution in [-0.4, -0.2) is 40.8 Å². The molecule has 1 atom stereocenters. The molecule has 0 saturated heterocycles. The Bertz CT molecular complexity index is 1970. The van der Waals surface area contributed by atoms with Gasteiger partial charge in [-0.25, -0.2) is 9.59 Å². The Balaban J connectivity index is 0.000000644. The fourth-order valence-corrected chi connectivity index (χ4v) is 4.36. The Morgan fingerprint density at radius 1 is 1.02 bits per heavy atom. The third kappa shape index (κ3) is 8.02. The van der Waals surface area contributed by atoms with Crippen molar-refractivity contribution in [3.63, 3.8) is 0 Å². The van der Waals surface area contributed by atoms with Gasteiger partial charge in [0.1, 0.15) is 11.3 Å². The normalized spacial score (nSPS) is 14.4. The van der Waals surface area contributed by atoms with Crippen molar-refractivity contribution < 1.29 is 55.6 Å². The third-order valence-corrected chi connectivity index (χ3v) is 6.44. The van der Waals surface area contributed by atoms with Gasteiger partial charge >= 0.3 is 24.4 Å². The molecule has 0 radical (unpaired) electrons. The molecule has 5 rings (SSSR count). The van der Waals surface area contributed by atoms with Gasteiger partial charge in [-0.05, 0) is 49.7 Å². The molecule has 1 aliphatic heterocycles. The summed E-state index contributed by atoms with van der Waals surface area (Å²) >= 11 is 0.